The van der Waals surface area contributed by atoms with E-state index < -0.39 is 21.5 Å². The molecular formula is C14H15NO3S2. The predicted molar refractivity (Wildman–Crippen MR) is 80.1 cm³/mol. The molecule has 0 saturated heterocycles. The van der Waals surface area contributed by atoms with Gasteiger partial charge in [-0.05, 0) is 17.0 Å². The molecule has 0 aliphatic rings. The van der Waals surface area contributed by atoms with E-state index in [-0.39, 0.29) is 5.75 Å². The zero-order chi connectivity index (χ0) is 14.4. The van der Waals surface area contributed by atoms with Crippen molar-refractivity contribution in [1.82, 2.24) is 5.32 Å². The summed E-state index contributed by atoms with van der Waals surface area (Å²) in [6, 6.07) is 12.6. The Morgan fingerprint density at radius 2 is 1.85 bits per heavy atom. The highest BCUT2D eigenvalue weighted by atomic mass is 32.2. The summed E-state index contributed by atoms with van der Waals surface area (Å²) in [5.74, 6) is -1.05. The Morgan fingerprint density at radius 3 is 2.50 bits per heavy atom. The normalized spacial score (nSPS) is 11.2. The van der Waals surface area contributed by atoms with Crippen LogP contribution in [0.15, 0.2) is 47.8 Å². The molecule has 106 valence electrons. The van der Waals surface area contributed by atoms with Crippen LogP contribution in [-0.4, -0.2) is 20.1 Å². The summed E-state index contributed by atoms with van der Waals surface area (Å²) in [5, 5.41) is 4.53. The summed E-state index contributed by atoms with van der Waals surface area (Å²) in [6.45, 7) is 0.372. The molecule has 1 heterocycles. The third-order valence-corrected chi connectivity index (χ3v) is 4.97. The van der Waals surface area contributed by atoms with E-state index in [9.17, 15) is 13.2 Å². The molecule has 1 N–H and O–H groups in total. The van der Waals surface area contributed by atoms with Crippen molar-refractivity contribution in [3.8, 4) is 0 Å². The monoisotopic (exact) mass is 309 g/mol. The molecule has 1 aromatic carbocycles. The van der Waals surface area contributed by atoms with Crippen LogP contribution in [0, 0.1) is 0 Å². The van der Waals surface area contributed by atoms with Crippen LogP contribution in [0.25, 0.3) is 0 Å². The van der Waals surface area contributed by atoms with Crippen molar-refractivity contribution in [2.75, 3.05) is 5.75 Å². The van der Waals surface area contributed by atoms with Gasteiger partial charge in [-0.1, -0.05) is 36.4 Å². The first-order valence-electron chi connectivity index (χ1n) is 6.08. The average molecular weight is 309 g/mol. The van der Waals surface area contributed by atoms with Crippen LogP contribution in [-0.2, 0) is 26.9 Å². The molecule has 0 bridgehead atoms. The van der Waals surface area contributed by atoms with Crippen molar-refractivity contribution in [2.24, 2.45) is 0 Å². The second kappa shape index (κ2) is 6.67. The molecule has 0 saturated carbocycles. The Hall–Kier alpha value is -1.66. The zero-order valence-corrected chi connectivity index (χ0v) is 12.4. The first kappa shape index (κ1) is 14.7. The van der Waals surface area contributed by atoms with Crippen LogP contribution in [0.4, 0.5) is 0 Å². The summed E-state index contributed by atoms with van der Waals surface area (Å²) in [6.07, 6.45) is 0. The van der Waals surface area contributed by atoms with Gasteiger partial charge < -0.3 is 5.32 Å². The van der Waals surface area contributed by atoms with E-state index >= 15 is 0 Å². The maximum atomic E-state index is 11.9. The third-order valence-electron chi connectivity index (χ3n) is 2.62. The van der Waals surface area contributed by atoms with Crippen LogP contribution in [0.3, 0.4) is 0 Å². The van der Waals surface area contributed by atoms with Crippen molar-refractivity contribution in [3.05, 3.63) is 58.3 Å². The molecule has 6 heteroatoms. The van der Waals surface area contributed by atoms with Crippen molar-refractivity contribution in [2.45, 2.75) is 12.3 Å². The van der Waals surface area contributed by atoms with E-state index in [0.29, 0.717) is 12.1 Å². The number of nitrogens with one attached hydrogen (secondary N) is 1. The van der Waals surface area contributed by atoms with E-state index in [1.54, 1.807) is 24.3 Å². The second-order valence-electron chi connectivity index (χ2n) is 4.37. The van der Waals surface area contributed by atoms with Crippen LogP contribution in [0.2, 0.25) is 0 Å². The molecule has 20 heavy (non-hydrogen) atoms. The Labute approximate surface area is 122 Å². The average Bonchev–Trinajstić information content (AvgIpc) is 2.89. The van der Waals surface area contributed by atoms with Crippen molar-refractivity contribution in [1.29, 1.82) is 0 Å². The van der Waals surface area contributed by atoms with Gasteiger partial charge in [-0.25, -0.2) is 8.42 Å². The molecule has 0 fully saturated rings. The highest BCUT2D eigenvalue weighted by molar-refractivity contribution is 7.91. The van der Waals surface area contributed by atoms with Gasteiger partial charge in [-0.15, -0.1) is 11.3 Å². The van der Waals surface area contributed by atoms with Gasteiger partial charge in [-0.3, -0.25) is 4.79 Å². The highest BCUT2D eigenvalue weighted by Gasteiger charge is 2.17. The SMILES string of the molecule is O=C(CS(=O)(=O)Cc1ccccc1)NCc1cccs1. The van der Waals surface area contributed by atoms with Crippen molar-refractivity contribution < 1.29 is 13.2 Å². The zero-order valence-electron chi connectivity index (χ0n) is 10.8. The Balaban J connectivity index is 1.86. The summed E-state index contributed by atoms with van der Waals surface area (Å²) in [4.78, 5) is 12.7. The number of carbonyl (C=O) groups excluding carboxylic acids is 1. The fraction of sp³-hybridized carbons (Fsp3) is 0.214. The maximum absolute atomic E-state index is 11.9. The molecular weight excluding hydrogens is 294 g/mol. The molecule has 0 unspecified atom stereocenters. The Morgan fingerprint density at radius 1 is 1.10 bits per heavy atom. The third kappa shape index (κ3) is 4.79. The number of hydrogen-bond donors (Lipinski definition) is 1. The topological polar surface area (TPSA) is 63.2 Å². The lowest BCUT2D eigenvalue weighted by atomic mass is 10.2. The van der Waals surface area contributed by atoms with Gasteiger partial charge in [0.2, 0.25) is 5.91 Å². The number of rotatable bonds is 6. The van der Waals surface area contributed by atoms with Gasteiger partial charge in [-0.2, -0.15) is 0 Å². The van der Waals surface area contributed by atoms with E-state index in [1.165, 1.54) is 11.3 Å². The number of sulfone groups is 1. The number of amides is 1. The predicted octanol–water partition coefficient (Wildman–Crippen LogP) is 1.98. The fourth-order valence-corrected chi connectivity index (χ4v) is 3.68. The van der Waals surface area contributed by atoms with Crippen LogP contribution < -0.4 is 5.32 Å². The highest BCUT2D eigenvalue weighted by Crippen LogP contribution is 2.08. The molecule has 0 spiro atoms. The number of benzene rings is 1. The molecule has 4 nitrogen and oxygen atoms in total. The quantitative estimate of drug-likeness (QED) is 0.887. The minimum absolute atomic E-state index is 0.111. The molecule has 1 amide bonds. The first-order valence-corrected chi connectivity index (χ1v) is 8.79. The number of thiophene rings is 1. The van der Waals surface area contributed by atoms with Gasteiger partial charge in [0.1, 0.15) is 5.75 Å². The lowest BCUT2D eigenvalue weighted by Crippen LogP contribution is -2.30. The van der Waals surface area contributed by atoms with E-state index in [1.807, 2.05) is 23.6 Å². The van der Waals surface area contributed by atoms with Crippen LogP contribution in [0.5, 0.6) is 0 Å². The van der Waals surface area contributed by atoms with Gasteiger partial charge in [0.25, 0.3) is 0 Å². The largest absolute Gasteiger partial charge is 0.350 e. The molecule has 0 radical (unpaired) electrons. The van der Waals surface area contributed by atoms with Crippen LogP contribution >= 0.6 is 11.3 Å². The van der Waals surface area contributed by atoms with Gasteiger partial charge >= 0.3 is 0 Å². The lowest BCUT2D eigenvalue weighted by molar-refractivity contribution is -0.118. The Bertz CT molecular complexity index is 649. The fourth-order valence-electron chi connectivity index (χ4n) is 1.73. The van der Waals surface area contributed by atoms with Gasteiger partial charge in [0, 0.05) is 4.88 Å². The standard InChI is InChI=1S/C14H15NO3S2/c16-14(15-9-13-7-4-8-19-13)11-20(17,18)10-12-5-2-1-3-6-12/h1-8H,9-11H2,(H,15,16). The summed E-state index contributed by atoms with van der Waals surface area (Å²) < 4.78 is 23.8. The van der Waals surface area contributed by atoms with Gasteiger partial charge in [0.05, 0.1) is 12.3 Å². The molecule has 1 aromatic heterocycles. The minimum Gasteiger partial charge on any atom is -0.350 e. The molecule has 0 aliphatic carbocycles. The number of hydrogen-bond acceptors (Lipinski definition) is 4. The molecule has 2 aromatic rings. The molecule has 2 rings (SSSR count). The van der Waals surface area contributed by atoms with Gasteiger partial charge in [0.15, 0.2) is 9.84 Å². The van der Waals surface area contributed by atoms with Crippen molar-refractivity contribution in [3.63, 3.8) is 0 Å². The first-order chi connectivity index (χ1) is 9.55. The summed E-state index contributed by atoms with van der Waals surface area (Å²) in [5.41, 5.74) is 0.693. The smallest absolute Gasteiger partial charge is 0.235 e. The second-order valence-corrected chi connectivity index (χ2v) is 7.47. The Kier molecular flexibility index (Phi) is 4.92. The number of carbonyl (C=O) groups is 1. The van der Waals surface area contributed by atoms with E-state index in [4.69, 9.17) is 0 Å². The molecule has 0 atom stereocenters. The van der Waals surface area contributed by atoms with Crippen molar-refractivity contribution >= 4 is 27.1 Å². The van der Waals surface area contributed by atoms with Crippen LogP contribution in [0.1, 0.15) is 10.4 Å². The summed E-state index contributed by atoms with van der Waals surface area (Å²) >= 11 is 1.52. The maximum Gasteiger partial charge on any atom is 0.235 e. The molecule has 0 aliphatic heterocycles. The lowest BCUT2D eigenvalue weighted by Gasteiger charge is -2.05. The van der Waals surface area contributed by atoms with E-state index in [2.05, 4.69) is 5.32 Å². The van der Waals surface area contributed by atoms with E-state index in [0.717, 1.165) is 4.88 Å². The minimum atomic E-state index is -3.43. The summed E-state index contributed by atoms with van der Waals surface area (Å²) in [7, 11) is -3.43.